The van der Waals surface area contributed by atoms with Crippen LogP contribution >= 0.6 is 0 Å². The number of hydrogen-bond acceptors (Lipinski definition) is 2. The summed E-state index contributed by atoms with van der Waals surface area (Å²) in [7, 11) is -4.47. The van der Waals surface area contributed by atoms with Gasteiger partial charge in [0.15, 0.2) is 0 Å². The third kappa shape index (κ3) is 3.77. The number of alkyl halides is 2. The Morgan fingerprint density at radius 2 is 1.59 bits per heavy atom. The molecule has 0 heterocycles. The van der Waals surface area contributed by atoms with Crippen LogP contribution in [0.1, 0.15) is 26.3 Å². The molecule has 0 radical (unpaired) electrons. The van der Waals surface area contributed by atoms with E-state index >= 15 is 0 Å². The van der Waals surface area contributed by atoms with Crippen LogP contribution in [0.15, 0.2) is 29.2 Å². The van der Waals surface area contributed by atoms with E-state index in [1.165, 1.54) is 12.1 Å². The van der Waals surface area contributed by atoms with Crippen molar-refractivity contribution in [3.05, 3.63) is 29.8 Å². The first-order valence-electron chi connectivity index (χ1n) is 5.24. The summed E-state index contributed by atoms with van der Waals surface area (Å²) in [5, 5.41) is 0. The summed E-state index contributed by atoms with van der Waals surface area (Å²) in [4.78, 5) is -0.329. The molecule has 1 aromatic carbocycles. The van der Waals surface area contributed by atoms with Gasteiger partial charge >= 0.3 is 5.76 Å². The first-order chi connectivity index (χ1) is 7.63. The fraction of sp³-hybridized carbons (Fsp3) is 0.500. The van der Waals surface area contributed by atoms with Crippen LogP contribution in [0.3, 0.4) is 0 Å². The normalized spacial score (nSPS) is 13.1. The number of benzene rings is 1. The Hall–Kier alpha value is -0.970. The maximum atomic E-state index is 12.3. The zero-order chi connectivity index (χ0) is 13.3. The lowest BCUT2D eigenvalue weighted by Crippen LogP contribution is -2.12. The predicted molar refractivity (Wildman–Crippen MR) is 62.8 cm³/mol. The third-order valence-corrected chi connectivity index (χ3v) is 3.62. The minimum Gasteiger partial charge on any atom is -0.218 e. The van der Waals surface area contributed by atoms with Gasteiger partial charge in [-0.05, 0) is 29.5 Å². The molecule has 0 aliphatic heterocycles. The molecule has 0 unspecified atom stereocenters. The molecular formula is C12H16F2O2S. The molecule has 0 bridgehead atoms. The van der Waals surface area contributed by atoms with Gasteiger partial charge in [0.1, 0.15) is 0 Å². The SMILES string of the molecule is CC(C)(C)Cc1ccc(S(=O)(=O)C(F)F)cc1. The van der Waals surface area contributed by atoms with E-state index in [0.717, 1.165) is 12.0 Å². The van der Waals surface area contributed by atoms with E-state index in [1.54, 1.807) is 12.1 Å². The van der Waals surface area contributed by atoms with Gasteiger partial charge in [-0.25, -0.2) is 8.42 Å². The summed E-state index contributed by atoms with van der Waals surface area (Å²) in [5.41, 5.74) is 1.01. The van der Waals surface area contributed by atoms with E-state index in [4.69, 9.17) is 0 Å². The Bertz CT molecular complexity index is 470. The number of rotatable bonds is 3. The van der Waals surface area contributed by atoms with Crippen LogP contribution in [0.2, 0.25) is 0 Å². The molecule has 0 atom stereocenters. The smallest absolute Gasteiger partial charge is 0.218 e. The first-order valence-corrected chi connectivity index (χ1v) is 6.78. The number of halogens is 2. The summed E-state index contributed by atoms with van der Waals surface area (Å²) >= 11 is 0. The van der Waals surface area contributed by atoms with Crippen LogP contribution < -0.4 is 0 Å². The van der Waals surface area contributed by atoms with Crippen molar-refractivity contribution in [2.24, 2.45) is 5.41 Å². The summed E-state index contributed by atoms with van der Waals surface area (Å²) < 4.78 is 46.9. The molecular weight excluding hydrogens is 246 g/mol. The Labute approximate surface area is 101 Å². The van der Waals surface area contributed by atoms with Crippen molar-refractivity contribution in [1.29, 1.82) is 0 Å². The van der Waals surface area contributed by atoms with Crippen molar-refractivity contribution in [1.82, 2.24) is 0 Å². The maximum Gasteiger partial charge on any atom is 0.341 e. The predicted octanol–water partition coefficient (Wildman–Crippen LogP) is 3.27. The van der Waals surface area contributed by atoms with Gasteiger partial charge in [0, 0.05) is 0 Å². The fourth-order valence-corrected chi connectivity index (χ4v) is 2.23. The summed E-state index contributed by atoms with van der Waals surface area (Å²) in [6, 6.07) is 5.64. The van der Waals surface area contributed by atoms with Gasteiger partial charge in [0.2, 0.25) is 9.84 Å². The van der Waals surface area contributed by atoms with Gasteiger partial charge < -0.3 is 0 Å². The highest BCUT2D eigenvalue weighted by Crippen LogP contribution is 2.23. The zero-order valence-electron chi connectivity index (χ0n) is 10.1. The fourth-order valence-electron chi connectivity index (χ4n) is 1.51. The second-order valence-corrected chi connectivity index (χ2v) is 7.10. The van der Waals surface area contributed by atoms with Crippen molar-refractivity contribution >= 4 is 9.84 Å². The van der Waals surface area contributed by atoms with Gasteiger partial charge in [-0.15, -0.1) is 0 Å². The highest BCUT2D eigenvalue weighted by atomic mass is 32.2. The van der Waals surface area contributed by atoms with Crippen molar-refractivity contribution in [2.75, 3.05) is 0 Å². The van der Waals surface area contributed by atoms with Crippen molar-refractivity contribution < 1.29 is 17.2 Å². The van der Waals surface area contributed by atoms with E-state index in [1.807, 2.05) is 0 Å². The van der Waals surface area contributed by atoms with Crippen LogP contribution in [0.5, 0.6) is 0 Å². The van der Waals surface area contributed by atoms with E-state index in [0.29, 0.717) is 0 Å². The van der Waals surface area contributed by atoms with E-state index < -0.39 is 15.6 Å². The molecule has 0 saturated carbocycles. The summed E-state index contributed by atoms with van der Waals surface area (Å²) in [5.74, 6) is -3.36. The van der Waals surface area contributed by atoms with E-state index in [2.05, 4.69) is 20.8 Å². The standard InChI is InChI=1S/C12H16F2O2S/c1-12(2,3)8-9-4-6-10(7-5-9)17(15,16)11(13)14/h4-7,11H,8H2,1-3H3. The molecule has 0 aromatic heterocycles. The molecule has 17 heavy (non-hydrogen) atoms. The largest absolute Gasteiger partial charge is 0.341 e. The van der Waals surface area contributed by atoms with Gasteiger partial charge in [-0.1, -0.05) is 32.9 Å². The van der Waals surface area contributed by atoms with Gasteiger partial charge in [0.25, 0.3) is 0 Å². The number of sulfone groups is 1. The van der Waals surface area contributed by atoms with Gasteiger partial charge in [0.05, 0.1) is 4.90 Å². The van der Waals surface area contributed by atoms with Crippen LogP contribution in [0.4, 0.5) is 8.78 Å². The molecule has 96 valence electrons. The molecule has 0 N–H and O–H groups in total. The van der Waals surface area contributed by atoms with Crippen LogP contribution in [0, 0.1) is 5.41 Å². The summed E-state index contributed by atoms with van der Waals surface area (Å²) in [6.45, 7) is 6.16. The minimum absolute atomic E-state index is 0.0725. The molecule has 1 aromatic rings. The molecule has 0 aliphatic rings. The quantitative estimate of drug-likeness (QED) is 0.837. The second-order valence-electron chi connectivity index (χ2n) is 5.19. The maximum absolute atomic E-state index is 12.3. The molecule has 1 rings (SSSR count). The van der Waals surface area contributed by atoms with E-state index in [9.17, 15) is 17.2 Å². The van der Waals surface area contributed by atoms with E-state index in [-0.39, 0.29) is 10.3 Å². The number of hydrogen-bond donors (Lipinski definition) is 0. The van der Waals surface area contributed by atoms with Crippen LogP contribution in [-0.2, 0) is 16.3 Å². The molecule has 0 amide bonds. The lowest BCUT2D eigenvalue weighted by atomic mass is 9.88. The summed E-state index contributed by atoms with van der Waals surface area (Å²) in [6.07, 6.45) is 0.766. The molecule has 2 nitrogen and oxygen atoms in total. The molecule has 0 aliphatic carbocycles. The second kappa shape index (κ2) is 4.72. The Balaban J connectivity index is 2.97. The highest BCUT2D eigenvalue weighted by molar-refractivity contribution is 7.91. The molecule has 0 fully saturated rings. The first kappa shape index (κ1) is 14.1. The van der Waals surface area contributed by atoms with Gasteiger partial charge in [-0.3, -0.25) is 0 Å². The molecule has 0 spiro atoms. The molecule has 0 saturated heterocycles. The van der Waals surface area contributed by atoms with Crippen molar-refractivity contribution in [3.63, 3.8) is 0 Å². The lowest BCUT2D eigenvalue weighted by molar-refractivity contribution is 0.234. The van der Waals surface area contributed by atoms with Crippen molar-refractivity contribution in [2.45, 2.75) is 37.8 Å². The Morgan fingerprint density at radius 3 is 1.94 bits per heavy atom. The van der Waals surface area contributed by atoms with Crippen LogP contribution in [-0.4, -0.2) is 14.2 Å². The third-order valence-electron chi connectivity index (χ3n) is 2.22. The molecule has 5 heteroatoms. The topological polar surface area (TPSA) is 34.1 Å². The van der Waals surface area contributed by atoms with Crippen molar-refractivity contribution in [3.8, 4) is 0 Å². The average Bonchev–Trinajstić information content (AvgIpc) is 2.15. The lowest BCUT2D eigenvalue weighted by Gasteiger charge is -2.18. The van der Waals surface area contributed by atoms with Gasteiger partial charge in [-0.2, -0.15) is 8.78 Å². The minimum atomic E-state index is -4.47. The Kier molecular flexibility index (Phi) is 3.91. The monoisotopic (exact) mass is 262 g/mol. The van der Waals surface area contributed by atoms with Crippen LogP contribution in [0.25, 0.3) is 0 Å². The zero-order valence-corrected chi connectivity index (χ0v) is 10.9. The Morgan fingerprint density at radius 1 is 1.12 bits per heavy atom. The average molecular weight is 262 g/mol. The highest BCUT2D eigenvalue weighted by Gasteiger charge is 2.26.